The highest BCUT2D eigenvalue weighted by molar-refractivity contribution is 6.44. The predicted octanol–water partition coefficient (Wildman–Crippen LogP) is 2.71. The Bertz CT molecular complexity index is 398. The monoisotopic (exact) mass is 251 g/mol. The van der Waals surface area contributed by atoms with Crippen LogP contribution in [0.2, 0.25) is 10.0 Å². The molecule has 6 heteroatoms. The van der Waals surface area contributed by atoms with Crippen LogP contribution in [-0.2, 0) is 4.74 Å². The Kier molecular flexibility index (Phi) is 3.90. The van der Waals surface area contributed by atoms with Crippen molar-refractivity contribution in [1.82, 2.24) is 0 Å². The smallest absolute Gasteiger partial charge is 0.250 e. The molecule has 0 saturated carbocycles. The van der Waals surface area contributed by atoms with E-state index in [0.29, 0.717) is 0 Å². The molecule has 2 N–H and O–H groups in total. The Labute approximate surface area is 95.9 Å². The quantitative estimate of drug-likeness (QED) is 0.899. The van der Waals surface area contributed by atoms with Crippen molar-refractivity contribution < 1.29 is 13.9 Å². The summed E-state index contributed by atoms with van der Waals surface area (Å²) in [6, 6.07) is 2.61. The normalized spacial score (nSPS) is 12.5. The zero-order chi connectivity index (χ0) is 11.6. The van der Waals surface area contributed by atoms with E-state index >= 15 is 0 Å². The number of hydrogen-bond donors (Lipinski definition) is 1. The summed E-state index contributed by atoms with van der Waals surface area (Å²) in [7, 11) is 1.19. The van der Waals surface area contributed by atoms with Gasteiger partial charge in [0.15, 0.2) is 0 Å². The Morgan fingerprint density at radius 3 is 2.53 bits per heavy atom. The van der Waals surface area contributed by atoms with Crippen molar-refractivity contribution in [3.8, 4) is 0 Å². The predicted molar refractivity (Wildman–Crippen MR) is 55.8 cm³/mol. The molecule has 0 bridgehead atoms. The number of benzene rings is 1. The van der Waals surface area contributed by atoms with Crippen LogP contribution in [0.25, 0.3) is 0 Å². The second kappa shape index (κ2) is 4.79. The Morgan fingerprint density at radius 1 is 1.47 bits per heavy atom. The van der Waals surface area contributed by atoms with Crippen LogP contribution in [0, 0.1) is 0 Å². The maximum absolute atomic E-state index is 13.2. The van der Waals surface area contributed by atoms with Gasteiger partial charge in [-0.15, -0.1) is 0 Å². The minimum absolute atomic E-state index is 0.0497. The SMILES string of the molecule is COC(F)c1ccc(C(N)=O)c(Cl)c1Cl. The third-order valence-electron chi connectivity index (χ3n) is 1.83. The maximum Gasteiger partial charge on any atom is 0.250 e. The van der Waals surface area contributed by atoms with Crippen LogP contribution in [-0.4, -0.2) is 13.0 Å². The number of hydrogen-bond acceptors (Lipinski definition) is 2. The molecule has 1 amide bonds. The summed E-state index contributed by atoms with van der Waals surface area (Å²) in [4.78, 5) is 10.9. The highest BCUT2D eigenvalue weighted by Gasteiger charge is 2.18. The minimum atomic E-state index is -1.68. The first-order chi connectivity index (χ1) is 6.99. The van der Waals surface area contributed by atoms with E-state index in [9.17, 15) is 9.18 Å². The van der Waals surface area contributed by atoms with Gasteiger partial charge >= 0.3 is 0 Å². The van der Waals surface area contributed by atoms with Gasteiger partial charge in [0, 0.05) is 12.7 Å². The summed E-state index contributed by atoms with van der Waals surface area (Å²) in [5, 5.41) is -0.135. The fraction of sp³-hybridized carbons (Fsp3) is 0.222. The molecule has 0 aromatic heterocycles. The van der Waals surface area contributed by atoms with Crippen LogP contribution in [0.4, 0.5) is 4.39 Å². The van der Waals surface area contributed by atoms with Gasteiger partial charge in [-0.05, 0) is 6.07 Å². The first-order valence-corrected chi connectivity index (χ1v) is 4.69. The van der Waals surface area contributed by atoms with E-state index in [0.717, 1.165) is 0 Å². The molecule has 0 spiro atoms. The highest BCUT2D eigenvalue weighted by Crippen LogP contribution is 2.34. The lowest BCUT2D eigenvalue weighted by Gasteiger charge is -2.11. The lowest BCUT2D eigenvalue weighted by atomic mass is 10.1. The third-order valence-corrected chi connectivity index (χ3v) is 2.73. The van der Waals surface area contributed by atoms with Crippen LogP contribution in [0.1, 0.15) is 22.3 Å². The Hall–Kier alpha value is -0.840. The van der Waals surface area contributed by atoms with E-state index in [4.69, 9.17) is 28.9 Å². The van der Waals surface area contributed by atoms with E-state index in [2.05, 4.69) is 4.74 Å². The molecule has 0 fully saturated rings. The van der Waals surface area contributed by atoms with Gasteiger partial charge in [-0.3, -0.25) is 4.79 Å². The number of carbonyl (C=O) groups excluding carboxylic acids is 1. The number of ether oxygens (including phenoxy) is 1. The van der Waals surface area contributed by atoms with Gasteiger partial charge in [0.2, 0.25) is 12.3 Å². The molecule has 0 aliphatic rings. The molecule has 0 saturated heterocycles. The van der Waals surface area contributed by atoms with Crippen LogP contribution in [0.3, 0.4) is 0 Å². The number of carbonyl (C=O) groups is 1. The second-order valence-corrected chi connectivity index (χ2v) is 3.50. The molecule has 3 nitrogen and oxygen atoms in total. The fourth-order valence-electron chi connectivity index (χ4n) is 1.06. The van der Waals surface area contributed by atoms with E-state index in [1.807, 2.05) is 0 Å². The maximum atomic E-state index is 13.2. The molecule has 1 atom stereocenters. The molecule has 15 heavy (non-hydrogen) atoms. The average Bonchev–Trinajstić information content (AvgIpc) is 2.20. The number of nitrogens with two attached hydrogens (primary N) is 1. The van der Waals surface area contributed by atoms with Crippen molar-refractivity contribution in [3.63, 3.8) is 0 Å². The van der Waals surface area contributed by atoms with E-state index in [1.165, 1.54) is 19.2 Å². The number of rotatable bonds is 3. The fourth-order valence-corrected chi connectivity index (χ4v) is 1.57. The molecule has 1 unspecified atom stereocenters. The first kappa shape index (κ1) is 12.2. The van der Waals surface area contributed by atoms with Crippen LogP contribution >= 0.6 is 23.2 Å². The van der Waals surface area contributed by atoms with Gasteiger partial charge in [0.1, 0.15) is 0 Å². The van der Waals surface area contributed by atoms with Crippen LogP contribution in [0.5, 0.6) is 0 Å². The number of halogens is 3. The van der Waals surface area contributed by atoms with Crippen molar-refractivity contribution in [2.75, 3.05) is 7.11 Å². The molecule has 0 heterocycles. The lowest BCUT2D eigenvalue weighted by Crippen LogP contribution is -2.12. The standard InChI is InChI=1S/C9H8Cl2FNO2/c1-15-8(12)4-2-3-5(9(13)14)7(11)6(4)10/h2-3,8H,1H3,(H2,13,14). The van der Waals surface area contributed by atoms with Gasteiger partial charge in [-0.25, -0.2) is 4.39 Å². The van der Waals surface area contributed by atoms with E-state index in [1.54, 1.807) is 0 Å². The molecule has 0 radical (unpaired) electrons. The average molecular weight is 252 g/mol. The van der Waals surface area contributed by atoms with E-state index in [-0.39, 0.29) is 21.2 Å². The van der Waals surface area contributed by atoms with Crippen molar-refractivity contribution in [1.29, 1.82) is 0 Å². The van der Waals surface area contributed by atoms with Gasteiger partial charge < -0.3 is 10.5 Å². The van der Waals surface area contributed by atoms with Gasteiger partial charge in [-0.1, -0.05) is 29.3 Å². The Morgan fingerprint density at radius 2 is 2.07 bits per heavy atom. The largest absolute Gasteiger partial charge is 0.366 e. The molecule has 0 aliphatic carbocycles. The number of methoxy groups -OCH3 is 1. The molecule has 1 rings (SSSR count). The summed E-state index contributed by atoms with van der Waals surface area (Å²) < 4.78 is 17.6. The number of alkyl halides is 1. The van der Waals surface area contributed by atoms with Crippen LogP contribution in [0.15, 0.2) is 12.1 Å². The van der Waals surface area contributed by atoms with Crippen molar-refractivity contribution in [2.45, 2.75) is 6.36 Å². The second-order valence-electron chi connectivity index (χ2n) is 2.75. The van der Waals surface area contributed by atoms with Crippen molar-refractivity contribution in [3.05, 3.63) is 33.3 Å². The zero-order valence-corrected chi connectivity index (χ0v) is 9.27. The van der Waals surface area contributed by atoms with Gasteiger partial charge in [0.05, 0.1) is 15.6 Å². The minimum Gasteiger partial charge on any atom is -0.366 e. The molecular formula is C9H8Cl2FNO2. The summed E-state index contributed by atoms with van der Waals surface area (Å²) >= 11 is 11.5. The molecular weight excluding hydrogens is 244 g/mol. The topological polar surface area (TPSA) is 52.3 Å². The number of amides is 1. The lowest BCUT2D eigenvalue weighted by molar-refractivity contribution is -0.00653. The van der Waals surface area contributed by atoms with Gasteiger partial charge in [-0.2, -0.15) is 0 Å². The van der Waals surface area contributed by atoms with Gasteiger partial charge in [0.25, 0.3) is 0 Å². The molecule has 1 aromatic rings. The summed E-state index contributed by atoms with van der Waals surface area (Å²) in [6.07, 6.45) is -1.68. The summed E-state index contributed by atoms with van der Waals surface area (Å²) in [5.74, 6) is -0.721. The molecule has 0 aliphatic heterocycles. The van der Waals surface area contributed by atoms with Crippen molar-refractivity contribution in [2.24, 2.45) is 5.73 Å². The Balaban J connectivity index is 3.27. The molecule has 1 aromatic carbocycles. The molecule has 82 valence electrons. The summed E-state index contributed by atoms with van der Waals surface area (Å²) in [6.45, 7) is 0. The van der Waals surface area contributed by atoms with Crippen LogP contribution < -0.4 is 5.73 Å². The van der Waals surface area contributed by atoms with E-state index < -0.39 is 12.3 Å². The number of primary amides is 1. The first-order valence-electron chi connectivity index (χ1n) is 3.93. The third kappa shape index (κ3) is 2.40. The zero-order valence-electron chi connectivity index (χ0n) is 7.76. The van der Waals surface area contributed by atoms with Crippen molar-refractivity contribution >= 4 is 29.1 Å². The highest BCUT2D eigenvalue weighted by atomic mass is 35.5. The summed E-state index contributed by atoms with van der Waals surface area (Å²) in [5.41, 5.74) is 5.15.